The summed E-state index contributed by atoms with van der Waals surface area (Å²) >= 11 is 0. The Morgan fingerprint density at radius 3 is 2.48 bits per heavy atom. The van der Waals surface area contributed by atoms with Crippen molar-refractivity contribution in [3.8, 4) is 0 Å². The zero-order valence-corrected chi connectivity index (χ0v) is 13.5. The van der Waals surface area contributed by atoms with Crippen molar-refractivity contribution < 1.29 is 0 Å². The number of aromatic nitrogens is 1. The second-order valence-corrected chi connectivity index (χ2v) is 5.87. The molecule has 0 aliphatic carbocycles. The van der Waals surface area contributed by atoms with E-state index < -0.39 is 0 Å². The molecule has 3 nitrogen and oxygen atoms in total. The SMILES string of the molecule is Cl.Cl.c1ccc2nc(CN3C[C@H]4CNC[C@H]4C3)ccc2c1. The summed E-state index contributed by atoms with van der Waals surface area (Å²) in [6, 6.07) is 12.7. The zero-order valence-electron chi connectivity index (χ0n) is 11.9. The molecule has 114 valence electrons. The van der Waals surface area contributed by atoms with Gasteiger partial charge in [-0.05, 0) is 37.1 Å². The fourth-order valence-corrected chi connectivity index (χ4v) is 3.51. The number of halogens is 2. The van der Waals surface area contributed by atoms with Crippen molar-refractivity contribution in [3.63, 3.8) is 0 Å². The van der Waals surface area contributed by atoms with Crippen LogP contribution in [0, 0.1) is 11.8 Å². The Labute approximate surface area is 137 Å². The molecule has 1 aromatic carbocycles. The van der Waals surface area contributed by atoms with Crippen LogP contribution in [0.4, 0.5) is 0 Å². The van der Waals surface area contributed by atoms with Gasteiger partial charge < -0.3 is 5.32 Å². The molecule has 3 heterocycles. The van der Waals surface area contributed by atoms with Gasteiger partial charge in [0.2, 0.25) is 0 Å². The van der Waals surface area contributed by atoms with Crippen molar-refractivity contribution in [2.45, 2.75) is 6.54 Å². The summed E-state index contributed by atoms with van der Waals surface area (Å²) < 4.78 is 0. The van der Waals surface area contributed by atoms with Crippen molar-refractivity contribution in [3.05, 3.63) is 42.1 Å². The van der Waals surface area contributed by atoms with Crippen LogP contribution in [0.2, 0.25) is 0 Å². The van der Waals surface area contributed by atoms with E-state index in [0.29, 0.717) is 0 Å². The lowest BCUT2D eigenvalue weighted by Crippen LogP contribution is -2.25. The van der Waals surface area contributed by atoms with Gasteiger partial charge in [0, 0.05) is 25.0 Å². The summed E-state index contributed by atoms with van der Waals surface area (Å²) in [6.45, 7) is 5.86. The first-order valence-electron chi connectivity index (χ1n) is 7.16. The lowest BCUT2D eigenvalue weighted by atomic mass is 10.0. The molecule has 0 amide bonds. The van der Waals surface area contributed by atoms with E-state index in [1.807, 2.05) is 0 Å². The number of hydrogen-bond acceptors (Lipinski definition) is 3. The molecule has 1 N–H and O–H groups in total. The number of hydrogen-bond donors (Lipinski definition) is 1. The molecular weight excluding hydrogens is 305 g/mol. The Kier molecular flexibility index (Phi) is 5.44. The van der Waals surface area contributed by atoms with Crippen molar-refractivity contribution in [1.82, 2.24) is 15.2 Å². The second kappa shape index (κ2) is 6.93. The highest BCUT2D eigenvalue weighted by atomic mass is 35.5. The van der Waals surface area contributed by atoms with Crippen LogP contribution >= 0.6 is 24.8 Å². The number of likely N-dealkylation sites (tertiary alicyclic amines) is 1. The molecule has 2 saturated heterocycles. The summed E-state index contributed by atoms with van der Waals surface area (Å²) in [5, 5.41) is 4.72. The molecule has 21 heavy (non-hydrogen) atoms. The zero-order chi connectivity index (χ0) is 12.7. The molecule has 0 saturated carbocycles. The lowest BCUT2D eigenvalue weighted by molar-refractivity contribution is 0.302. The van der Waals surface area contributed by atoms with E-state index in [1.165, 1.54) is 37.3 Å². The maximum Gasteiger partial charge on any atom is 0.0705 e. The van der Waals surface area contributed by atoms with E-state index >= 15 is 0 Å². The van der Waals surface area contributed by atoms with E-state index in [4.69, 9.17) is 4.98 Å². The van der Waals surface area contributed by atoms with Crippen molar-refractivity contribution in [2.75, 3.05) is 26.2 Å². The number of nitrogens with one attached hydrogen (secondary N) is 1. The van der Waals surface area contributed by atoms with E-state index in [2.05, 4.69) is 46.6 Å². The van der Waals surface area contributed by atoms with Gasteiger partial charge in [0.25, 0.3) is 0 Å². The maximum atomic E-state index is 4.78. The predicted molar refractivity (Wildman–Crippen MR) is 91.4 cm³/mol. The minimum Gasteiger partial charge on any atom is -0.316 e. The van der Waals surface area contributed by atoms with Gasteiger partial charge in [-0.1, -0.05) is 24.3 Å². The first-order chi connectivity index (χ1) is 9.38. The highest BCUT2D eigenvalue weighted by molar-refractivity contribution is 5.85. The Morgan fingerprint density at radius 2 is 1.71 bits per heavy atom. The summed E-state index contributed by atoms with van der Waals surface area (Å²) in [7, 11) is 0. The third-order valence-electron chi connectivity index (χ3n) is 4.51. The standard InChI is InChI=1S/C16H19N3.2ClH/c1-2-4-16-12(3-1)5-6-15(18-16)11-19-9-13-7-17-8-14(13)10-19;;/h1-6,13-14,17H,7-11H2;2*1H/t13-,14+;;. The first kappa shape index (κ1) is 16.5. The summed E-state index contributed by atoms with van der Waals surface area (Å²) in [5.74, 6) is 1.72. The minimum absolute atomic E-state index is 0. The molecule has 0 unspecified atom stereocenters. The number of fused-ring (bicyclic) bond motifs is 2. The van der Waals surface area contributed by atoms with E-state index in [0.717, 1.165) is 23.9 Å². The van der Waals surface area contributed by atoms with Gasteiger partial charge in [0.15, 0.2) is 0 Å². The van der Waals surface area contributed by atoms with Gasteiger partial charge in [-0.25, -0.2) is 0 Å². The number of nitrogens with zero attached hydrogens (tertiary/aromatic N) is 2. The number of para-hydroxylation sites is 1. The quantitative estimate of drug-likeness (QED) is 0.920. The average Bonchev–Trinajstić information content (AvgIpc) is 2.99. The van der Waals surface area contributed by atoms with E-state index in [9.17, 15) is 0 Å². The molecule has 2 fully saturated rings. The minimum atomic E-state index is 0. The molecule has 4 rings (SSSR count). The van der Waals surface area contributed by atoms with Gasteiger partial charge in [-0.15, -0.1) is 24.8 Å². The Morgan fingerprint density at radius 1 is 1.00 bits per heavy atom. The fourth-order valence-electron chi connectivity index (χ4n) is 3.51. The van der Waals surface area contributed by atoms with Crippen molar-refractivity contribution >= 4 is 35.7 Å². The summed E-state index contributed by atoms with van der Waals surface area (Å²) in [6.07, 6.45) is 0. The molecule has 0 bridgehead atoms. The van der Waals surface area contributed by atoms with E-state index in [-0.39, 0.29) is 24.8 Å². The summed E-state index contributed by atoms with van der Waals surface area (Å²) in [5.41, 5.74) is 2.31. The number of rotatable bonds is 2. The monoisotopic (exact) mass is 325 g/mol. The van der Waals surface area contributed by atoms with Crippen LogP contribution in [0.25, 0.3) is 10.9 Å². The third kappa shape index (κ3) is 3.32. The van der Waals surface area contributed by atoms with Crippen LogP contribution in [0.5, 0.6) is 0 Å². The van der Waals surface area contributed by atoms with Gasteiger partial charge in [0.1, 0.15) is 0 Å². The van der Waals surface area contributed by atoms with E-state index in [1.54, 1.807) is 0 Å². The Bertz CT molecular complexity index is 593. The molecule has 0 spiro atoms. The van der Waals surface area contributed by atoms with Crippen molar-refractivity contribution in [1.29, 1.82) is 0 Å². The Hall–Kier alpha value is -0.870. The topological polar surface area (TPSA) is 28.2 Å². The lowest BCUT2D eigenvalue weighted by Gasteiger charge is -2.16. The molecule has 0 radical (unpaired) electrons. The summed E-state index contributed by atoms with van der Waals surface area (Å²) in [4.78, 5) is 7.34. The van der Waals surface area contributed by atoms with Crippen LogP contribution in [-0.2, 0) is 6.54 Å². The fraction of sp³-hybridized carbons (Fsp3) is 0.438. The van der Waals surface area contributed by atoms with Crippen LogP contribution in [-0.4, -0.2) is 36.1 Å². The molecular formula is C16H21Cl2N3. The second-order valence-electron chi connectivity index (χ2n) is 5.87. The third-order valence-corrected chi connectivity index (χ3v) is 4.51. The molecule has 2 aromatic rings. The molecule has 1 aromatic heterocycles. The van der Waals surface area contributed by atoms with Crippen LogP contribution < -0.4 is 5.32 Å². The highest BCUT2D eigenvalue weighted by Crippen LogP contribution is 2.27. The van der Waals surface area contributed by atoms with Gasteiger partial charge in [-0.3, -0.25) is 9.88 Å². The average molecular weight is 326 g/mol. The Balaban J connectivity index is 0.000000807. The first-order valence-corrected chi connectivity index (χ1v) is 7.16. The maximum absolute atomic E-state index is 4.78. The molecule has 2 aliphatic heterocycles. The van der Waals surface area contributed by atoms with Gasteiger partial charge in [0.05, 0.1) is 11.2 Å². The smallest absolute Gasteiger partial charge is 0.0705 e. The van der Waals surface area contributed by atoms with Crippen molar-refractivity contribution in [2.24, 2.45) is 11.8 Å². The van der Waals surface area contributed by atoms with Gasteiger partial charge in [-0.2, -0.15) is 0 Å². The van der Waals surface area contributed by atoms with Crippen LogP contribution in [0.15, 0.2) is 36.4 Å². The molecule has 2 aliphatic rings. The van der Waals surface area contributed by atoms with Crippen LogP contribution in [0.3, 0.4) is 0 Å². The largest absolute Gasteiger partial charge is 0.316 e. The number of benzene rings is 1. The normalized spacial score (nSPS) is 24.4. The van der Waals surface area contributed by atoms with Gasteiger partial charge >= 0.3 is 0 Å². The molecule has 2 atom stereocenters. The molecule has 5 heteroatoms. The highest BCUT2D eigenvalue weighted by Gasteiger charge is 2.35. The predicted octanol–water partition coefficient (Wildman–Crippen LogP) is 2.73. The number of pyridine rings is 1. The van der Waals surface area contributed by atoms with Crippen LogP contribution in [0.1, 0.15) is 5.69 Å².